The van der Waals surface area contributed by atoms with Crippen LogP contribution in [0.15, 0.2) is 67.0 Å². The van der Waals surface area contributed by atoms with Crippen LogP contribution in [0.5, 0.6) is 0 Å². The van der Waals surface area contributed by atoms with E-state index in [9.17, 15) is 4.79 Å². The molecule has 0 aliphatic rings. The second-order valence-corrected chi connectivity index (χ2v) is 7.80. The number of unbranched alkanes of at least 4 members (excludes halogenated alkanes) is 1. The van der Waals surface area contributed by atoms with Crippen molar-refractivity contribution in [1.29, 1.82) is 0 Å². The number of pyridine rings is 1. The number of fused-ring (bicyclic) bond motifs is 1. The van der Waals surface area contributed by atoms with Gasteiger partial charge in [-0.2, -0.15) is 5.10 Å². The highest BCUT2D eigenvalue weighted by molar-refractivity contribution is 5.87. The molecule has 4 aromatic rings. The number of hydrogen-bond acceptors (Lipinski definition) is 4. The first kappa shape index (κ1) is 21.8. The Hall–Kier alpha value is -3.47. The van der Waals surface area contributed by atoms with E-state index in [0.717, 1.165) is 48.0 Å². The molecule has 0 N–H and O–H groups in total. The van der Waals surface area contributed by atoms with E-state index in [1.165, 1.54) is 16.8 Å². The van der Waals surface area contributed by atoms with Crippen molar-refractivity contribution in [3.63, 3.8) is 0 Å². The maximum absolute atomic E-state index is 11.8. The second kappa shape index (κ2) is 10.2. The predicted molar refractivity (Wildman–Crippen MR) is 127 cm³/mol. The van der Waals surface area contributed by atoms with Gasteiger partial charge in [0.1, 0.15) is 0 Å². The fraction of sp³-hybridized carbons (Fsp3) is 0.296. The Labute approximate surface area is 189 Å². The molecule has 0 spiro atoms. The smallest absolute Gasteiger partial charge is 0.305 e. The third kappa shape index (κ3) is 4.57. The van der Waals surface area contributed by atoms with Crippen molar-refractivity contribution in [2.75, 3.05) is 6.61 Å². The predicted octanol–water partition coefficient (Wildman–Crippen LogP) is 5.90. The Balaban J connectivity index is 1.83. The van der Waals surface area contributed by atoms with Gasteiger partial charge in [0.15, 0.2) is 0 Å². The van der Waals surface area contributed by atoms with Crippen LogP contribution in [0.25, 0.3) is 27.9 Å². The molecule has 0 saturated carbocycles. The Morgan fingerprint density at radius 1 is 0.969 bits per heavy atom. The van der Waals surface area contributed by atoms with Crippen LogP contribution in [-0.4, -0.2) is 27.2 Å². The van der Waals surface area contributed by atoms with E-state index in [4.69, 9.17) is 9.84 Å². The molecular weight excluding hydrogens is 398 g/mol. The van der Waals surface area contributed by atoms with Gasteiger partial charge in [-0.25, -0.2) is 4.52 Å². The first-order valence-electron chi connectivity index (χ1n) is 11.4. The van der Waals surface area contributed by atoms with Crippen molar-refractivity contribution < 1.29 is 9.53 Å². The lowest BCUT2D eigenvalue weighted by atomic mass is 9.93. The number of benzene rings is 1. The maximum atomic E-state index is 11.8. The highest BCUT2D eigenvalue weighted by Crippen LogP contribution is 2.36. The minimum atomic E-state index is -0.129. The van der Waals surface area contributed by atoms with Gasteiger partial charge in [-0.15, -0.1) is 0 Å². The van der Waals surface area contributed by atoms with Crippen LogP contribution in [0.3, 0.4) is 0 Å². The lowest BCUT2D eigenvalue weighted by Crippen LogP contribution is -2.07. The molecule has 0 aliphatic carbocycles. The summed E-state index contributed by atoms with van der Waals surface area (Å²) in [6.45, 7) is 4.42. The van der Waals surface area contributed by atoms with Crippen molar-refractivity contribution in [1.82, 2.24) is 14.6 Å². The first-order chi connectivity index (χ1) is 15.7. The van der Waals surface area contributed by atoms with E-state index in [1.54, 1.807) is 6.20 Å². The van der Waals surface area contributed by atoms with Gasteiger partial charge >= 0.3 is 5.97 Å². The molecule has 5 nitrogen and oxygen atoms in total. The van der Waals surface area contributed by atoms with Gasteiger partial charge in [-0.3, -0.25) is 9.78 Å². The molecule has 3 aromatic heterocycles. The van der Waals surface area contributed by atoms with E-state index in [1.807, 2.05) is 37.4 Å². The standard InChI is InChI=1S/C27H29N3O2/c1-3-22-16-17-24-26(21-13-10-18-28-19-21)23(14-8-9-15-25(31)32-4-2)27(29-30(22)24)20-11-6-5-7-12-20/h5-7,10-13,16-19H,3-4,8-9,14-15H2,1-2H3. The Morgan fingerprint density at radius 2 is 1.78 bits per heavy atom. The van der Waals surface area contributed by atoms with Crippen LogP contribution >= 0.6 is 0 Å². The molecule has 4 rings (SSSR count). The summed E-state index contributed by atoms with van der Waals surface area (Å²) < 4.78 is 7.17. The number of esters is 1. The molecule has 1 aromatic carbocycles. The van der Waals surface area contributed by atoms with E-state index in [-0.39, 0.29) is 5.97 Å². The number of rotatable bonds is 9. The summed E-state index contributed by atoms with van der Waals surface area (Å²) in [6, 6.07) is 18.7. The molecule has 0 aliphatic heterocycles. The van der Waals surface area contributed by atoms with Gasteiger partial charge in [0.2, 0.25) is 0 Å². The topological polar surface area (TPSA) is 56.5 Å². The van der Waals surface area contributed by atoms with E-state index in [0.29, 0.717) is 13.0 Å². The van der Waals surface area contributed by atoms with Gasteiger partial charge in [0.05, 0.1) is 17.8 Å². The molecular formula is C27H29N3O2. The minimum Gasteiger partial charge on any atom is -0.466 e. The fourth-order valence-corrected chi connectivity index (χ4v) is 4.19. The van der Waals surface area contributed by atoms with Crippen LogP contribution in [0.1, 0.15) is 44.4 Å². The summed E-state index contributed by atoms with van der Waals surface area (Å²) in [7, 11) is 0. The molecule has 164 valence electrons. The largest absolute Gasteiger partial charge is 0.466 e. The van der Waals surface area contributed by atoms with Crippen LogP contribution < -0.4 is 0 Å². The summed E-state index contributed by atoms with van der Waals surface area (Å²) in [5.74, 6) is -0.129. The van der Waals surface area contributed by atoms with Gasteiger partial charge < -0.3 is 4.74 Å². The Morgan fingerprint density at radius 3 is 2.50 bits per heavy atom. The summed E-state index contributed by atoms with van der Waals surface area (Å²) in [5.41, 5.74) is 7.79. The molecule has 0 bridgehead atoms. The number of hydrogen-bond donors (Lipinski definition) is 0. The number of aromatic nitrogens is 3. The molecule has 0 unspecified atom stereocenters. The van der Waals surface area contributed by atoms with Gasteiger partial charge in [0.25, 0.3) is 0 Å². The quantitative estimate of drug-likeness (QED) is 0.246. The lowest BCUT2D eigenvalue weighted by molar-refractivity contribution is -0.143. The monoisotopic (exact) mass is 427 g/mol. The molecule has 0 fully saturated rings. The fourth-order valence-electron chi connectivity index (χ4n) is 4.19. The average Bonchev–Trinajstić information content (AvgIpc) is 3.25. The number of carbonyl (C=O) groups is 1. The lowest BCUT2D eigenvalue weighted by Gasteiger charge is -2.17. The van der Waals surface area contributed by atoms with E-state index >= 15 is 0 Å². The van der Waals surface area contributed by atoms with Gasteiger partial charge in [-0.05, 0) is 56.4 Å². The van der Waals surface area contributed by atoms with E-state index < -0.39 is 0 Å². The third-order valence-corrected chi connectivity index (χ3v) is 5.70. The van der Waals surface area contributed by atoms with Gasteiger partial charge in [-0.1, -0.05) is 43.3 Å². The normalized spacial score (nSPS) is 11.1. The van der Waals surface area contributed by atoms with Crippen molar-refractivity contribution in [2.24, 2.45) is 0 Å². The SMILES string of the molecule is CCOC(=O)CCCCc1c(-c2ccccc2)nn2c(CC)ccc2c1-c1cccnc1. The van der Waals surface area contributed by atoms with Crippen molar-refractivity contribution in [2.45, 2.75) is 46.0 Å². The Kier molecular flexibility index (Phi) is 6.95. The minimum absolute atomic E-state index is 0.129. The summed E-state index contributed by atoms with van der Waals surface area (Å²) >= 11 is 0. The Bertz CT molecular complexity index is 1180. The summed E-state index contributed by atoms with van der Waals surface area (Å²) in [6.07, 6.45) is 7.55. The molecule has 3 heterocycles. The summed E-state index contributed by atoms with van der Waals surface area (Å²) in [4.78, 5) is 16.2. The highest BCUT2D eigenvalue weighted by Gasteiger charge is 2.19. The van der Waals surface area contributed by atoms with E-state index in [2.05, 4.69) is 46.8 Å². The number of carbonyl (C=O) groups excluding carboxylic acids is 1. The number of ether oxygens (including phenoxy) is 1. The molecule has 32 heavy (non-hydrogen) atoms. The molecule has 0 amide bonds. The number of nitrogens with zero attached hydrogens (tertiary/aromatic N) is 3. The van der Waals surface area contributed by atoms with Crippen LogP contribution in [0.2, 0.25) is 0 Å². The molecule has 0 radical (unpaired) electrons. The highest BCUT2D eigenvalue weighted by atomic mass is 16.5. The van der Waals surface area contributed by atoms with Crippen LogP contribution in [0.4, 0.5) is 0 Å². The zero-order chi connectivity index (χ0) is 22.3. The first-order valence-corrected chi connectivity index (χ1v) is 11.4. The van der Waals surface area contributed by atoms with Crippen LogP contribution in [-0.2, 0) is 22.4 Å². The zero-order valence-corrected chi connectivity index (χ0v) is 18.8. The van der Waals surface area contributed by atoms with Crippen molar-refractivity contribution >= 4 is 11.5 Å². The zero-order valence-electron chi connectivity index (χ0n) is 18.8. The van der Waals surface area contributed by atoms with Crippen molar-refractivity contribution in [3.05, 3.63) is 78.2 Å². The average molecular weight is 428 g/mol. The third-order valence-electron chi connectivity index (χ3n) is 5.70. The molecule has 0 saturated heterocycles. The number of aryl methyl sites for hydroxylation is 1. The maximum Gasteiger partial charge on any atom is 0.305 e. The van der Waals surface area contributed by atoms with Crippen LogP contribution in [0, 0.1) is 0 Å². The molecule has 5 heteroatoms. The van der Waals surface area contributed by atoms with Gasteiger partial charge in [0, 0.05) is 41.2 Å². The van der Waals surface area contributed by atoms with Crippen molar-refractivity contribution in [3.8, 4) is 22.4 Å². The summed E-state index contributed by atoms with van der Waals surface area (Å²) in [5, 5.41) is 5.11. The molecule has 0 atom stereocenters. The second-order valence-electron chi connectivity index (χ2n) is 7.80.